The summed E-state index contributed by atoms with van der Waals surface area (Å²) in [5, 5.41) is 6.18. The molecular weight excluding hydrogens is 340 g/mol. The van der Waals surface area contributed by atoms with Crippen molar-refractivity contribution < 1.29 is 14.3 Å². The topological polar surface area (TPSA) is 67.4 Å². The summed E-state index contributed by atoms with van der Waals surface area (Å²) in [5.41, 5.74) is 1.33. The van der Waals surface area contributed by atoms with E-state index in [2.05, 4.69) is 10.6 Å². The smallest absolute Gasteiger partial charge is 0.265 e. The van der Waals surface area contributed by atoms with Gasteiger partial charge in [0.05, 0.1) is 0 Å². The zero-order chi connectivity index (χ0) is 18.2. The number of hydrogen-bond donors (Lipinski definition) is 2. The van der Waals surface area contributed by atoms with Gasteiger partial charge >= 0.3 is 0 Å². The van der Waals surface area contributed by atoms with Crippen LogP contribution < -0.4 is 15.4 Å². The van der Waals surface area contributed by atoms with Gasteiger partial charge in [0, 0.05) is 22.8 Å². The number of ether oxygens (including phenoxy) is 1. The first-order chi connectivity index (χ1) is 12.0. The van der Waals surface area contributed by atoms with Crippen molar-refractivity contribution in [1.82, 2.24) is 0 Å². The summed E-state index contributed by atoms with van der Waals surface area (Å²) in [7, 11) is 0. The van der Waals surface area contributed by atoms with Crippen LogP contribution in [0.4, 0.5) is 11.4 Å². The fraction of sp³-hybridized carbons (Fsp3) is 0.263. The summed E-state index contributed by atoms with van der Waals surface area (Å²) in [4.78, 5) is 23.8. The number of benzene rings is 2. The molecule has 0 bridgehead atoms. The number of anilines is 2. The van der Waals surface area contributed by atoms with Gasteiger partial charge < -0.3 is 15.4 Å². The monoisotopic (exact) mass is 360 g/mol. The number of hydrogen-bond acceptors (Lipinski definition) is 3. The lowest BCUT2D eigenvalue weighted by molar-refractivity contribution is -0.122. The Bertz CT molecular complexity index is 714. The van der Waals surface area contributed by atoms with E-state index >= 15 is 0 Å². The molecular formula is C19H21ClN2O3. The largest absolute Gasteiger partial charge is 0.481 e. The molecule has 0 radical (unpaired) electrons. The van der Waals surface area contributed by atoms with Crippen molar-refractivity contribution in [2.45, 2.75) is 32.8 Å². The highest BCUT2D eigenvalue weighted by Gasteiger charge is 2.15. The van der Waals surface area contributed by atoms with Gasteiger partial charge in [-0.2, -0.15) is 0 Å². The molecule has 0 saturated heterocycles. The third kappa shape index (κ3) is 6.12. The molecule has 6 heteroatoms. The molecule has 2 aromatic rings. The fourth-order valence-electron chi connectivity index (χ4n) is 2.10. The molecule has 2 aromatic carbocycles. The van der Waals surface area contributed by atoms with Gasteiger partial charge in [-0.3, -0.25) is 9.59 Å². The van der Waals surface area contributed by atoms with Crippen molar-refractivity contribution in [2.75, 3.05) is 10.6 Å². The molecule has 0 aliphatic rings. The molecule has 2 rings (SSSR count). The fourth-order valence-corrected chi connectivity index (χ4v) is 2.23. The summed E-state index contributed by atoms with van der Waals surface area (Å²) in [6, 6.07) is 13.8. The van der Waals surface area contributed by atoms with Crippen molar-refractivity contribution >= 4 is 34.8 Å². The van der Waals surface area contributed by atoms with Crippen molar-refractivity contribution in [3.63, 3.8) is 0 Å². The summed E-state index contributed by atoms with van der Waals surface area (Å²) >= 11 is 5.82. The van der Waals surface area contributed by atoms with Crippen LogP contribution in [0.3, 0.4) is 0 Å². The molecule has 0 saturated carbocycles. The van der Waals surface area contributed by atoms with Crippen LogP contribution in [-0.2, 0) is 9.59 Å². The third-order valence-electron chi connectivity index (χ3n) is 3.41. The van der Waals surface area contributed by atoms with E-state index in [0.717, 1.165) is 6.42 Å². The van der Waals surface area contributed by atoms with E-state index in [-0.39, 0.29) is 11.8 Å². The first-order valence-electron chi connectivity index (χ1n) is 8.11. The van der Waals surface area contributed by atoms with Gasteiger partial charge in [-0.05, 0) is 61.9 Å². The highest BCUT2D eigenvalue weighted by atomic mass is 35.5. The summed E-state index contributed by atoms with van der Waals surface area (Å²) in [6.45, 7) is 3.62. The molecule has 0 aliphatic carbocycles. The molecule has 0 aliphatic heterocycles. The van der Waals surface area contributed by atoms with Crippen LogP contribution in [-0.4, -0.2) is 17.9 Å². The molecule has 25 heavy (non-hydrogen) atoms. The van der Waals surface area contributed by atoms with Crippen LogP contribution >= 0.6 is 11.6 Å². The molecule has 0 heterocycles. The van der Waals surface area contributed by atoms with Crippen molar-refractivity contribution in [2.24, 2.45) is 0 Å². The Morgan fingerprint density at radius 3 is 2.12 bits per heavy atom. The highest BCUT2D eigenvalue weighted by Crippen LogP contribution is 2.18. The molecule has 0 fully saturated rings. The minimum absolute atomic E-state index is 0.0238. The van der Waals surface area contributed by atoms with Crippen LogP contribution in [0.2, 0.25) is 5.02 Å². The highest BCUT2D eigenvalue weighted by molar-refractivity contribution is 6.30. The Labute approximate surface area is 152 Å². The van der Waals surface area contributed by atoms with Crippen molar-refractivity contribution in [3.8, 4) is 5.75 Å². The van der Waals surface area contributed by atoms with Gasteiger partial charge in [0.25, 0.3) is 5.91 Å². The molecule has 5 nitrogen and oxygen atoms in total. The van der Waals surface area contributed by atoms with Gasteiger partial charge in [0.1, 0.15) is 5.75 Å². The van der Waals surface area contributed by atoms with E-state index in [9.17, 15) is 9.59 Å². The Kier molecular flexibility index (Phi) is 6.83. The Morgan fingerprint density at radius 2 is 1.56 bits per heavy atom. The van der Waals surface area contributed by atoms with E-state index in [1.165, 1.54) is 0 Å². The second-order valence-electron chi connectivity index (χ2n) is 5.58. The predicted octanol–water partition coefficient (Wildman–Crippen LogP) is 4.48. The predicted molar refractivity (Wildman–Crippen MR) is 100 cm³/mol. The first kappa shape index (κ1) is 18.8. The minimum atomic E-state index is -0.662. The molecule has 0 aromatic heterocycles. The standard InChI is InChI=1S/C19H21ClN2O3/c1-3-4-18(23)21-15-7-9-16(10-8-15)22-19(24)13(2)25-17-11-5-14(20)6-12-17/h5-13H,3-4H2,1-2H3,(H,21,23)(H,22,24). The average molecular weight is 361 g/mol. The maximum Gasteiger partial charge on any atom is 0.265 e. The molecule has 2 amide bonds. The van der Waals surface area contributed by atoms with Crippen molar-refractivity contribution in [3.05, 3.63) is 53.6 Å². The van der Waals surface area contributed by atoms with Gasteiger partial charge in [0.2, 0.25) is 5.91 Å². The van der Waals surface area contributed by atoms with Gasteiger partial charge in [-0.1, -0.05) is 18.5 Å². The molecule has 2 N–H and O–H groups in total. The SMILES string of the molecule is CCCC(=O)Nc1ccc(NC(=O)C(C)Oc2ccc(Cl)cc2)cc1. The lowest BCUT2D eigenvalue weighted by Gasteiger charge is -2.15. The summed E-state index contributed by atoms with van der Waals surface area (Å²) in [5.74, 6) is 0.281. The maximum atomic E-state index is 12.2. The molecule has 1 unspecified atom stereocenters. The van der Waals surface area contributed by atoms with E-state index < -0.39 is 6.10 Å². The number of halogens is 1. The zero-order valence-corrected chi connectivity index (χ0v) is 15.0. The number of amides is 2. The number of carbonyl (C=O) groups is 2. The van der Waals surface area contributed by atoms with Crippen LogP contribution in [0.15, 0.2) is 48.5 Å². The Morgan fingerprint density at radius 1 is 1.00 bits per heavy atom. The zero-order valence-electron chi connectivity index (χ0n) is 14.2. The lowest BCUT2D eigenvalue weighted by Crippen LogP contribution is -2.30. The van der Waals surface area contributed by atoms with Crippen molar-refractivity contribution in [1.29, 1.82) is 0 Å². The van der Waals surface area contributed by atoms with E-state index in [1.54, 1.807) is 55.5 Å². The Hall–Kier alpha value is -2.53. The first-order valence-corrected chi connectivity index (χ1v) is 8.48. The number of nitrogens with one attached hydrogen (secondary N) is 2. The second kappa shape index (κ2) is 9.08. The molecule has 1 atom stereocenters. The number of rotatable bonds is 7. The molecule has 132 valence electrons. The van der Waals surface area contributed by atoms with Gasteiger partial charge in [-0.15, -0.1) is 0 Å². The summed E-state index contributed by atoms with van der Waals surface area (Å²) in [6.07, 6.45) is 0.619. The van der Waals surface area contributed by atoms with Gasteiger partial charge in [0.15, 0.2) is 6.10 Å². The normalized spacial score (nSPS) is 11.5. The lowest BCUT2D eigenvalue weighted by atomic mass is 10.2. The quantitative estimate of drug-likeness (QED) is 0.764. The molecule has 0 spiro atoms. The third-order valence-corrected chi connectivity index (χ3v) is 3.66. The van der Waals surface area contributed by atoms with Crippen LogP contribution in [0, 0.1) is 0 Å². The number of carbonyl (C=O) groups excluding carboxylic acids is 2. The Balaban J connectivity index is 1.88. The van der Waals surface area contributed by atoms with Crippen LogP contribution in [0.1, 0.15) is 26.7 Å². The van der Waals surface area contributed by atoms with Crippen LogP contribution in [0.25, 0.3) is 0 Å². The average Bonchev–Trinajstić information content (AvgIpc) is 2.59. The minimum Gasteiger partial charge on any atom is -0.481 e. The summed E-state index contributed by atoms with van der Waals surface area (Å²) < 4.78 is 5.58. The second-order valence-corrected chi connectivity index (χ2v) is 6.02. The maximum absolute atomic E-state index is 12.2. The van der Waals surface area contributed by atoms with Crippen LogP contribution in [0.5, 0.6) is 5.75 Å². The van der Waals surface area contributed by atoms with E-state index in [0.29, 0.717) is 28.6 Å². The van der Waals surface area contributed by atoms with E-state index in [4.69, 9.17) is 16.3 Å². The van der Waals surface area contributed by atoms with E-state index in [1.807, 2.05) is 6.92 Å². The van der Waals surface area contributed by atoms with Gasteiger partial charge in [-0.25, -0.2) is 0 Å².